The minimum Gasteiger partial charge on any atom is -0.481 e. The lowest BCUT2D eigenvalue weighted by Crippen LogP contribution is -2.40. The third-order valence-electron chi connectivity index (χ3n) is 3.95. The van der Waals surface area contributed by atoms with Gasteiger partial charge in [0.1, 0.15) is 0 Å². The summed E-state index contributed by atoms with van der Waals surface area (Å²) >= 11 is 0. The Kier molecular flexibility index (Phi) is 5.14. The molecule has 0 radical (unpaired) electrons. The average molecular weight is 305 g/mol. The number of nitrogens with zero attached hydrogens (tertiary/aromatic N) is 1. The minimum absolute atomic E-state index is 0.125. The highest BCUT2D eigenvalue weighted by Gasteiger charge is 2.24. The Labute approximate surface area is 128 Å². The van der Waals surface area contributed by atoms with Gasteiger partial charge in [-0.2, -0.15) is 0 Å². The maximum absolute atomic E-state index is 12.4. The molecule has 1 amide bonds. The number of benzene rings is 1. The van der Waals surface area contributed by atoms with Crippen molar-refractivity contribution in [3.05, 3.63) is 35.4 Å². The standard InChI is InChI=1S/C16H19NO5/c18-14(19)8-3-11-2-1-9-17(10-11)15(20)12-4-6-13(7-5-12)16(21)22/h4-7,11H,1-3,8-10H2,(H,18,19)(H,21,22). The van der Waals surface area contributed by atoms with Gasteiger partial charge in [-0.15, -0.1) is 0 Å². The maximum Gasteiger partial charge on any atom is 0.335 e. The molecule has 1 heterocycles. The smallest absolute Gasteiger partial charge is 0.335 e. The van der Waals surface area contributed by atoms with Crippen LogP contribution in [0.4, 0.5) is 0 Å². The van der Waals surface area contributed by atoms with Gasteiger partial charge >= 0.3 is 11.9 Å². The molecule has 6 nitrogen and oxygen atoms in total. The Bertz CT molecular complexity index is 566. The summed E-state index contributed by atoms with van der Waals surface area (Å²) in [4.78, 5) is 35.6. The van der Waals surface area contributed by atoms with Crippen LogP contribution in [0.15, 0.2) is 24.3 Å². The fourth-order valence-electron chi connectivity index (χ4n) is 2.75. The largest absolute Gasteiger partial charge is 0.481 e. The zero-order chi connectivity index (χ0) is 16.1. The van der Waals surface area contributed by atoms with Gasteiger partial charge in [-0.25, -0.2) is 4.79 Å². The van der Waals surface area contributed by atoms with Gasteiger partial charge in [0.2, 0.25) is 0 Å². The number of carboxylic acids is 2. The number of hydrogen-bond donors (Lipinski definition) is 2. The van der Waals surface area contributed by atoms with Crippen LogP contribution in [0.3, 0.4) is 0 Å². The van der Waals surface area contributed by atoms with E-state index < -0.39 is 11.9 Å². The number of carbonyl (C=O) groups is 3. The van der Waals surface area contributed by atoms with Gasteiger partial charge in [0, 0.05) is 25.1 Å². The predicted molar refractivity (Wildman–Crippen MR) is 78.9 cm³/mol. The molecule has 1 saturated heterocycles. The molecule has 1 aliphatic rings. The van der Waals surface area contributed by atoms with E-state index in [0.29, 0.717) is 25.1 Å². The Morgan fingerprint density at radius 2 is 1.73 bits per heavy atom. The van der Waals surface area contributed by atoms with E-state index in [1.165, 1.54) is 24.3 Å². The first kappa shape index (κ1) is 16.0. The molecule has 1 fully saturated rings. The summed E-state index contributed by atoms with van der Waals surface area (Å²) in [6.07, 6.45) is 2.51. The molecule has 118 valence electrons. The van der Waals surface area contributed by atoms with Gasteiger partial charge in [-0.1, -0.05) is 0 Å². The van der Waals surface area contributed by atoms with Gasteiger partial charge in [0.25, 0.3) is 5.91 Å². The van der Waals surface area contributed by atoms with Crippen LogP contribution < -0.4 is 0 Å². The Balaban J connectivity index is 1.99. The van der Waals surface area contributed by atoms with Crippen LogP contribution in [-0.2, 0) is 4.79 Å². The van der Waals surface area contributed by atoms with Crippen LogP contribution >= 0.6 is 0 Å². The molecule has 0 spiro atoms. The quantitative estimate of drug-likeness (QED) is 0.868. The summed E-state index contributed by atoms with van der Waals surface area (Å²) < 4.78 is 0. The van der Waals surface area contributed by atoms with Crippen LogP contribution in [0.1, 0.15) is 46.4 Å². The second kappa shape index (κ2) is 7.06. The molecule has 2 rings (SSSR count). The predicted octanol–water partition coefficient (Wildman–Crippen LogP) is 2.10. The molecule has 0 saturated carbocycles. The van der Waals surface area contributed by atoms with Crippen LogP contribution in [0.25, 0.3) is 0 Å². The van der Waals surface area contributed by atoms with Crippen LogP contribution in [0, 0.1) is 5.92 Å². The summed E-state index contributed by atoms with van der Waals surface area (Å²) in [5.74, 6) is -1.75. The topological polar surface area (TPSA) is 94.9 Å². The molecule has 22 heavy (non-hydrogen) atoms. The van der Waals surface area contributed by atoms with E-state index >= 15 is 0 Å². The van der Waals surface area contributed by atoms with E-state index in [4.69, 9.17) is 10.2 Å². The van der Waals surface area contributed by atoms with Gasteiger partial charge in [0.05, 0.1) is 5.56 Å². The molecular weight excluding hydrogens is 286 g/mol. The summed E-state index contributed by atoms with van der Waals surface area (Å²) in [6.45, 7) is 1.22. The highest BCUT2D eigenvalue weighted by atomic mass is 16.4. The highest BCUT2D eigenvalue weighted by Crippen LogP contribution is 2.22. The van der Waals surface area contributed by atoms with E-state index in [0.717, 1.165) is 12.8 Å². The van der Waals surface area contributed by atoms with E-state index in [1.807, 2.05) is 0 Å². The van der Waals surface area contributed by atoms with Crippen LogP contribution in [0.5, 0.6) is 0 Å². The summed E-state index contributed by atoms with van der Waals surface area (Å²) in [5, 5.41) is 17.6. The third kappa shape index (κ3) is 4.07. The summed E-state index contributed by atoms with van der Waals surface area (Å²) in [7, 11) is 0. The molecule has 1 unspecified atom stereocenters. The molecule has 1 aromatic carbocycles. The van der Waals surface area contributed by atoms with Crippen molar-refractivity contribution >= 4 is 17.8 Å². The molecule has 0 aromatic heterocycles. The van der Waals surface area contributed by atoms with Gasteiger partial charge in [-0.05, 0) is 49.4 Å². The normalized spacial score (nSPS) is 18.0. The molecule has 0 bridgehead atoms. The molecule has 1 aromatic rings. The number of amides is 1. The lowest BCUT2D eigenvalue weighted by molar-refractivity contribution is -0.137. The zero-order valence-corrected chi connectivity index (χ0v) is 12.2. The third-order valence-corrected chi connectivity index (χ3v) is 3.95. The zero-order valence-electron chi connectivity index (χ0n) is 12.2. The maximum atomic E-state index is 12.4. The van der Waals surface area contributed by atoms with Gasteiger partial charge in [-0.3, -0.25) is 9.59 Å². The Morgan fingerprint density at radius 3 is 2.32 bits per heavy atom. The average Bonchev–Trinajstić information content (AvgIpc) is 2.52. The van der Waals surface area contributed by atoms with E-state index in [9.17, 15) is 14.4 Å². The van der Waals surface area contributed by atoms with E-state index in [2.05, 4.69) is 0 Å². The number of piperidine rings is 1. The second-order valence-corrected chi connectivity index (χ2v) is 5.57. The Morgan fingerprint density at radius 1 is 1.09 bits per heavy atom. The minimum atomic E-state index is -1.02. The van der Waals surface area contributed by atoms with Crippen molar-refractivity contribution < 1.29 is 24.6 Å². The van der Waals surface area contributed by atoms with E-state index in [-0.39, 0.29) is 23.8 Å². The highest BCUT2D eigenvalue weighted by molar-refractivity contribution is 5.96. The SMILES string of the molecule is O=C(O)CCC1CCCN(C(=O)c2ccc(C(=O)O)cc2)C1. The fourth-order valence-corrected chi connectivity index (χ4v) is 2.75. The number of aromatic carboxylic acids is 1. The van der Waals surface area contributed by atoms with Crippen LogP contribution in [-0.4, -0.2) is 46.0 Å². The molecule has 0 aliphatic carbocycles. The number of likely N-dealkylation sites (tertiary alicyclic amines) is 1. The number of rotatable bonds is 5. The van der Waals surface area contributed by atoms with E-state index in [1.54, 1.807) is 4.90 Å². The first-order valence-corrected chi connectivity index (χ1v) is 7.32. The summed E-state index contributed by atoms with van der Waals surface area (Å²) in [6, 6.07) is 5.88. The van der Waals surface area contributed by atoms with Crippen molar-refractivity contribution in [2.24, 2.45) is 5.92 Å². The first-order valence-electron chi connectivity index (χ1n) is 7.32. The second-order valence-electron chi connectivity index (χ2n) is 5.57. The molecule has 2 N–H and O–H groups in total. The van der Waals surface area contributed by atoms with Crippen molar-refractivity contribution in [2.45, 2.75) is 25.7 Å². The van der Waals surface area contributed by atoms with Gasteiger partial charge in [0.15, 0.2) is 0 Å². The van der Waals surface area contributed by atoms with Crippen molar-refractivity contribution in [1.29, 1.82) is 0 Å². The Hall–Kier alpha value is -2.37. The lowest BCUT2D eigenvalue weighted by Gasteiger charge is -2.32. The van der Waals surface area contributed by atoms with Gasteiger partial charge < -0.3 is 15.1 Å². The van der Waals surface area contributed by atoms with Crippen LogP contribution in [0.2, 0.25) is 0 Å². The number of carbonyl (C=O) groups excluding carboxylic acids is 1. The molecule has 1 atom stereocenters. The molecule has 6 heteroatoms. The first-order chi connectivity index (χ1) is 10.5. The molecular formula is C16H19NO5. The van der Waals surface area contributed by atoms with Crippen molar-refractivity contribution in [1.82, 2.24) is 4.90 Å². The lowest BCUT2D eigenvalue weighted by atomic mass is 9.93. The summed E-state index contributed by atoms with van der Waals surface area (Å²) in [5.41, 5.74) is 0.610. The van der Waals surface area contributed by atoms with Crippen molar-refractivity contribution in [3.8, 4) is 0 Å². The number of hydrogen-bond acceptors (Lipinski definition) is 3. The van der Waals surface area contributed by atoms with Crippen molar-refractivity contribution in [3.63, 3.8) is 0 Å². The fraction of sp³-hybridized carbons (Fsp3) is 0.438. The van der Waals surface area contributed by atoms with Crippen molar-refractivity contribution in [2.75, 3.05) is 13.1 Å². The number of carboxylic acid groups (broad SMARTS) is 2. The number of aliphatic carboxylic acids is 1. The molecule has 1 aliphatic heterocycles. The monoisotopic (exact) mass is 305 g/mol.